The van der Waals surface area contributed by atoms with Crippen molar-refractivity contribution >= 4 is 28.9 Å². The van der Waals surface area contributed by atoms with Crippen molar-refractivity contribution in [3.05, 3.63) is 33.6 Å². The Bertz CT molecular complexity index is 504. The van der Waals surface area contributed by atoms with Crippen LogP contribution >= 0.6 is 22.9 Å². The van der Waals surface area contributed by atoms with Crippen LogP contribution in [0.25, 0.3) is 0 Å². The van der Waals surface area contributed by atoms with Crippen molar-refractivity contribution in [2.24, 2.45) is 0 Å². The van der Waals surface area contributed by atoms with Crippen molar-refractivity contribution in [2.45, 2.75) is 19.9 Å². The van der Waals surface area contributed by atoms with Crippen LogP contribution in [0.15, 0.2) is 24.4 Å². The smallest absolute Gasteiger partial charge is 0.226 e. The molecule has 0 radical (unpaired) electrons. The van der Waals surface area contributed by atoms with Crippen LogP contribution in [0, 0.1) is 0 Å². The number of hydrogen-bond donors (Lipinski definition) is 1. The van der Waals surface area contributed by atoms with Crippen molar-refractivity contribution in [2.75, 3.05) is 11.9 Å². The molecule has 0 atom stereocenters. The normalized spacial score (nSPS) is 10.3. The molecule has 96 valence electrons. The molecule has 0 bridgehead atoms. The molecule has 0 aliphatic carbocycles. The minimum atomic E-state index is 0.563. The average Bonchev–Trinajstić information content (AvgIpc) is 2.80. The highest BCUT2D eigenvalue weighted by molar-refractivity contribution is 7.16. The Kier molecular flexibility index (Phi) is 4.78. The van der Waals surface area contributed by atoms with E-state index in [2.05, 4.69) is 22.2 Å². The molecule has 2 aromatic rings. The van der Waals surface area contributed by atoms with Gasteiger partial charge in [0.2, 0.25) is 11.8 Å². The first-order valence-electron chi connectivity index (χ1n) is 5.72. The van der Waals surface area contributed by atoms with E-state index in [0.29, 0.717) is 25.0 Å². The fraction of sp³-hybridized carbons (Fsp3) is 0.333. The number of rotatable bonds is 6. The van der Waals surface area contributed by atoms with Crippen molar-refractivity contribution in [3.8, 4) is 5.88 Å². The van der Waals surface area contributed by atoms with Crippen LogP contribution in [-0.4, -0.2) is 16.6 Å². The Morgan fingerprint density at radius 3 is 3.00 bits per heavy atom. The van der Waals surface area contributed by atoms with Gasteiger partial charge in [-0.15, -0.1) is 11.3 Å². The standard InChI is InChI=1S/C12H14ClN3OS/c1-2-7-17-11-5-6-14-12(16-11)15-8-9-3-4-10(13)18-9/h3-6H,2,7-8H2,1H3,(H,14,15,16). The van der Waals surface area contributed by atoms with Crippen LogP contribution in [-0.2, 0) is 6.54 Å². The SMILES string of the molecule is CCCOc1ccnc(NCc2ccc(Cl)s2)n1. The molecule has 4 nitrogen and oxygen atoms in total. The number of thiophene rings is 1. The lowest BCUT2D eigenvalue weighted by Crippen LogP contribution is -2.04. The van der Waals surface area contributed by atoms with Gasteiger partial charge < -0.3 is 10.1 Å². The van der Waals surface area contributed by atoms with Gasteiger partial charge in [-0.1, -0.05) is 18.5 Å². The maximum absolute atomic E-state index is 5.86. The van der Waals surface area contributed by atoms with Crippen LogP contribution < -0.4 is 10.1 Å². The number of ether oxygens (including phenoxy) is 1. The summed E-state index contributed by atoms with van der Waals surface area (Å²) >= 11 is 7.41. The molecule has 0 aliphatic heterocycles. The van der Waals surface area contributed by atoms with E-state index in [1.165, 1.54) is 0 Å². The van der Waals surface area contributed by atoms with Crippen molar-refractivity contribution < 1.29 is 4.74 Å². The first kappa shape index (κ1) is 13.1. The number of nitrogens with one attached hydrogen (secondary N) is 1. The molecular weight excluding hydrogens is 270 g/mol. The zero-order valence-corrected chi connectivity index (χ0v) is 11.6. The van der Waals surface area contributed by atoms with Gasteiger partial charge in [0.15, 0.2) is 0 Å². The molecule has 2 aromatic heterocycles. The summed E-state index contributed by atoms with van der Waals surface area (Å²) in [4.78, 5) is 9.54. The molecule has 1 N–H and O–H groups in total. The number of aromatic nitrogens is 2. The highest BCUT2D eigenvalue weighted by Gasteiger charge is 2.01. The van der Waals surface area contributed by atoms with Gasteiger partial charge in [0.1, 0.15) is 0 Å². The third-order valence-corrected chi connectivity index (χ3v) is 3.36. The molecule has 0 unspecified atom stereocenters. The summed E-state index contributed by atoms with van der Waals surface area (Å²) in [6.45, 7) is 3.38. The molecule has 0 fully saturated rings. The second-order valence-electron chi connectivity index (χ2n) is 3.63. The number of nitrogens with zero attached hydrogens (tertiary/aromatic N) is 2. The summed E-state index contributed by atoms with van der Waals surface area (Å²) < 4.78 is 6.23. The molecular formula is C12H14ClN3OS. The van der Waals surface area contributed by atoms with Gasteiger partial charge in [0, 0.05) is 17.1 Å². The molecule has 0 aromatic carbocycles. The Morgan fingerprint density at radius 2 is 2.28 bits per heavy atom. The molecule has 0 amide bonds. The molecule has 2 heterocycles. The molecule has 6 heteroatoms. The van der Waals surface area contributed by atoms with Gasteiger partial charge in [-0.3, -0.25) is 0 Å². The summed E-state index contributed by atoms with van der Waals surface area (Å²) in [7, 11) is 0. The summed E-state index contributed by atoms with van der Waals surface area (Å²) in [5, 5.41) is 3.14. The average molecular weight is 284 g/mol. The van der Waals surface area contributed by atoms with Crippen LogP contribution in [0.2, 0.25) is 4.34 Å². The molecule has 0 spiro atoms. The molecule has 0 saturated heterocycles. The molecule has 2 rings (SSSR count). The Balaban J connectivity index is 1.92. The zero-order valence-electron chi connectivity index (χ0n) is 10.0. The minimum Gasteiger partial charge on any atom is -0.478 e. The van der Waals surface area contributed by atoms with E-state index in [1.54, 1.807) is 23.6 Å². The van der Waals surface area contributed by atoms with Crippen LogP contribution in [0.1, 0.15) is 18.2 Å². The third kappa shape index (κ3) is 3.85. The van der Waals surface area contributed by atoms with Gasteiger partial charge in [0.25, 0.3) is 0 Å². The number of hydrogen-bond acceptors (Lipinski definition) is 5. The Labute approximate surface area is 115 Å². The van der Waals surface area contributed by atoms with E-state index in [-0.39, 0.29) is 0 Å². The summed E-state index contributed by atoms with van der Waals surface area (Å²) in [5.41, 5.74) is 0. The van der Waals surface area contributed by atoms with Gasteiger partial charge in [-0.25, -0.2) is 4.98 Å². The molecule has 18 heavy (non-hydrogen) atoms. The van der Waals surface area contributed by atoms with E-state index in [0.717, 1.165) is 15.6 Å². The quantitative estimate of drug-likeness (QED) is 0.880. The summed E-state index contributed by atoms with van der Waals surface area (Å²) in [5.74, 6) is 1.16. The highest BCUT2D eigenvalue weighted by atomic mass is 35.5. The first-order valence-corrected chi connectivity index (χ1v) is 6.91. The highest BCUT2D eigenvalue weighted by Crippen LogP contribution is 2.22. The van der Waals surface area contributed by atoms with E-state index in [1.807, 2.05) is 12.1 Å². The fourth-order valence-electron chi connectivity index (χ4n) is 1.33. The van der Waals surface area contributed by atoms with Gasteiger partial charge in [-0.05, 0) is 18.6 Å². The second-order valence-corrected chi connectivity index (χ2v) is 5.43. The van der Waals surface area contributed by atoms with E-state index < -0.39 is 0 Å². The maximum atomic E-state index is 5.86. The van der Waals surface area contributed by atoms with Crippen molar-refractivity contribution in [1.29, 1.82) is 0 Å². The first-order chi connectivity index (χ1) is 8.78. The maximum Gasteiger partial charge on any atom is 0.226 e. The lowest BCUT2D eigenvalue weighted by Gasteiger charge is -2.06. The van der Waals surface area contributed by atoms with Crippen LogP contribution in [0.5, 0.6) is 5.88 Å². The zero-order chi connectivity index (χ0) is 12.8. The number of halogens is 1. The predicted molar refractivity (Wildman–Crippen MR) is 74.5 cm³/mol. The third-order valence-electron chi connectivity index (χ3n) is 2.13. The minimum absolute atomic E-state index is 0.563. The lowest BCUT2D eigenvalue weighted by molar-refractivity contribution is 0.305. The fourth-order valence-corrected chi connectivity index (χ4v) is 2.35. The predicted octanol–water partition coefficient (Wildman–Crippen LogP) is 3.59. The second kappa shape index (κ2) is 6.56. The Morgan fingerprint density at radius 1 is 1.39 bits per heavy atom. The summed E-state index contributed by atoms with van der Waals surface area (Å²) in [6.07, 6.45) is 2.64. The van der Waals surface area contributed by atoms with Gasteiger partial charge in [-0.2, -0.15) is 4.98 Å². The number of anilines is 1. The van der Waals surface area contributed by atoms with Gasteiger partial charge in [0.05, 0.1) is 17.5 Å². The van der Waals surface area contributed by atoms with Crippen molar-refractivity contribution in [3.63, 3.8) is 0 Å². The van der Waals surface area contributed by atoms with Gasteiger partial charge >= 0.3 is 0 Å². The van der Waals surface area contributed by atoms with E-state index in [4.69, 9.17) is 16.3 Å². The molecule has 0 aliphatic rings. The van der Waals surface area contributed by atoms with Crippen molar-refractivity contribution in [1.82, 2.24) is 9.97 Å². The summed E-state index contributed by atoms with van der Waals surface area (Å²) in [6, 6.07) is 5.62. The lowest BCUT2D eigenvalue weighted by atomic mass is 10.5. The van der Waals surface area contributed by atoms with E-state index in [9.17, 15) is 0 Å². The largest absolute Gasteiger partial charge is 0.478 e. The van der Waals surface area contributed by atoms with Crippen LogP contribution in [0.3, 0.4) is 0 Å². The van der Waals surface area contributed by atoms with Crippen LogP contribution in [0.4, 0.5) is 5.95 Å². The monoisotopic (exact) mass is 283 g/mol. The topological polar surface area (TPSA) is 47.0 Å². The Hall–Kier alpha value is -1.33. The molecule has 0 saturated carbocycles. The van der Waals surface area contributed by atoms with E-state index >= 15 is 0 Å².